The molecule has 0 radical (unpaired) electrons. The number of hydrogen-bond acceptors (Lipinski definition) is 6. The Bertz CT molecular complexity index is 869. The summed E-state index contributed by atoms with van der Waals surface area (Å²) >= 11 is 1.35. The van der Waals surface area contributed by atoms with Gasteiger partial charge in [0.05, 0.1) is 32.2 Å². The van der Waals surface area contributed by atoms with Crippen LogP contribution in [0.25, 0.3) is 0 Å². The topological polar surface area (TPSA) is 102 Å². The first kappa shape index (κ1) is 21.8. The van der Waals surface area contributed by atoms with Crippen molar-refractivity contribution in [2.45, 2.75) is 18.5 Å². The van der Waals surface area contributed by atoms with Gasteiger partial charge in [-0.1, -0.05) is 18.2 Å². The largest absolute Gasteiger partial charge is 0.497 e. The molecular formula is C21H26N3O5S+. The standard InChI is InChI=1S/C21H25N3O5S/c1-28-15-7-5-14(6-8-15)12-16(21(27)29-2)23-19(25)17-13-22-9-10-24(17)20(26)18-4-3-11-30-18/h3-8,11,16-17,22H,9-10,12-13H2,1-2H3,(H,23,25)/p+1/t16-,17-/m0/s1. The van der Waals surface area contributed by atoms with Gasteiger partial charge in [-0.2, -0.15) is 0 Å². The molecule has 1 aromatic carbocycles. The summed E-state index contributed by atoms with van der Waals surface area (Å²) in [6.07, 6.45) is 0.276. The minimum absolute atomic E-state index is 0.164. The number of piperazine rings is 1. The smallest absolute Gasteiger partial charge is 0.328 e. The van der Waals surface area contributed by atoms with Crippen LogP contribution < -0.4 is 15.4 Å². The second-order valence-electron chi connectivity index (χ2n) is 6.94. The van der Waals surface area contributed by atoms with Crippen molar-refractivity contribution in [3.05, 3.63) is 52.2 Å². The number of amides is 2. The maximum absolute atomic E-state index is 13.1. The van der Waals surface area contributed by atoms with Gasteiger partial charge in [0.2, 0.25) is 5.91 Å². The van der Waals surface area contributed by atoms with E-state index in [9.17, 15) is 14.4 Å². The number of quaternary nitrogens is 1. The molecule has 2 atom stereocenters. The molecule has 0 spiro atoms. The molecule has 1 saturated heterocycles. The molecule has 2 aromatic rings. The van der Waals surface area contributed by atoms with Crippen molar-refractivity contribution in [3.8, 4) is 5.75 Å². The molecule has 0 saturated carbocycles. The van der Waals surface area contributed by atoms with Crippen LogP contribution in [0.2, 0.25) is 0 Å². The maximum Gasteiger partial charge on any atom is 0.328 e. The number of benzene rings is 1. The van der Waals surface area contributed by atoms with Gasteiger partial charge >= 0.3 is 5.97 Å². The summed E-state index contributed by atoms with van der Waals surface area (Å²) in [5.41, 5.74) is 0.855. The summed E-state index contributed by atoms with van der Waals surface area (Å²) in [5, 5.41) is 6.62. The molecule has 3 rings (SSSR count). The van der Waals surface area contributed by atoms with E-state index in [1.165, 1.54) is 18.4 Å². The fourth-order valence-corrected chi connectivity index (χ4v) is 4.10. The van der Waals surface area contributed by atoms with E-state index in [0.29, 0.717) is 23.7 Å². The average molecular weight is 433 g/mol. The summed E-state index contributed by atoms with van der Waals surface area (Å²) in [5.74, 6) is -0.351. The molecule has 30 heavy (non-hydrogen) atoms. The molecule has 0 aliphatic carbocycles. The molecule has 2 amide bonds. The zero-order valence-electron chi connectivity index (χ0n) is 17.0. The van der Waals surface area contributed by atoms with E-state index in [2.05, 4.69) is 5.32 Å². The normalized spacial score (nSPS) is 17.1. The Labute approximate surface area is 179 Å². The van der Waals surface area contributed by atoms with Gasteiger partial charge in [0.15, 0.2) is 6.04 Å². The Hall–Kier alpha value is -2.91. The average Bonchev–Trinajstić information content (AvgIpc) is 3.33. The number of hydrogen-bond donors (Lipinski definition) is 2. The first-order valence-corrected chi connectivity index (χ1v) is 10.6. The van der Waals surface area contributed by atoms with Crippen LogP contribution in [-0.4, -0.2) is 68.6 Å². The van der Waals surface area contributed by atoms with E-state index in [0.717, 1.165) is 12.1 Å². The number of nitrogens with one attached hydrogen (secondary N) is 1. The van der Waals surface area contributed by atoms with Gasteiger partial charge in [-0.25, -0.2) is 4.79 Å². The molecule has 9 heteroatoms. The number of rotatable bonds is 7. The van der Waals surface area contributed by atoms with E-state index in [1.54, 1.807) is 30.2 Å². The van der Waals surface area contributed by atoms with Crippen molar-refractivity contribution in [1.29, 1.82) is 0 Å². The van der Waals surface area contributed by atoms with Crippen LogP contribution in [0.5, 0.6) is 5.75 Å². The van der Waals surface area contributed by atoms with Gasteiger partial charge < -0.3 is 25.0 Å². The SMILES string of the molecule is COC(=O)[C@H](Cc1ccc(OC)cc1)NC(=O)[C@@H]1C[NH2+]CCN1C(=O)c1cccs1. The number of thiophene rings is 1. The summed E-state index contributed by atoms with van der Waals surface area (Å²) < 4.78 is 10.0. The molecule has 0 unspecified atom stereocenters. The van der Waals surface area contributed by atoms with Gasteiger partial charge in [-0.3, -0.25) is 9.59 Å². The van der Waals surface area contributed by atoms with Crippen LogP contribution in [0.3, 0.4) is 0 Å². The first-order chi connectivity index (χ1) is 14.5. The van der Waals surface area contributed by atoms with Crippen molar-refractivity contribution >= 4 is 29.1 Å². The van der Waals surface area contributed by atoms with Gasteiger partial charge in [-0.05, 0) is 29.1 Å². The van der Waals surface area contributed by atoms with Gasteiger partial charge in [-0.15, -0.1) is 11.3 Å². The molecule has 1 aliphatic heterocycles. The molecule has 1 fully saturated rings. The van der Waals surface area contributed by atoms with Crippen molar-refractivity contribution < 1.29 is 29.2 Å². The Morgan fingerprint density at radius 2 is 2.00 bits per heavy atom. The number of carbonyl (C=O) groups excluding carboxylic acids is 3. The second-order valence-corrected chi connectivity index (χ2v) is 7.89. The first-order valence-electron chi connectivity index (χ1n) is 9.70. The summed E-state index contributed by atoms with van der Waals surface area (Å²) in [7, 11) is 2.87. The number of carbonyl (C=O) groups is 3. The van der Waals surface area contributed by atoms with Gasteiger partial charge in [0.25, 0.3) is 5.91 Å². The van der Waals surface area contributed by atoms with E-state index >= 15 is 0 Å². The minimum Gasteiger partial charge on any atom is -0.497 e. The van der Waals surface area contributed by atoms with E-state index < -0.39 is 18.1 Å². The monoisotopic (exact) mass is 432 g/mol. The number of ether oxygens (including phenoxy) is 2. The van der Waals surface area contributed by atoms with Crippen LogP contribution in [0.1, 0.15) is 15.2 Å². The minimum atomic E-state index is -0.850. The summed E-state index contributed by atoms with van der Waals surface area (Å²) in [6.45, 7) is 1.64. The van der Waals surface area contributed by atoms with E-state index in [1.807, 2.05) is 28.9 Å². The fraction of sp³-hybridized carbons (Fsp3) is 0.381. The van der Waals surface area contributed by atoms with Crippen molar-refractivity contribution in [2.24, 2.45) is 0 Å². The number of methoxy groups -OCH3 is 2. The third-order valence-corrected chi connectivity index (χ3v) is 5.89. The highest BCUT2D eigenvalue weighted by Crippen LogP contribution is 2.16. The van der Waals surface area contributed by atoms with Crippen LogP contribution in [0.15, 0.2) is 41.8 Å². The third-order valence-electron chi connectivity index (χ3n) is 5.04. The van der Waals surface area contributed by atoms with Crippen molar-refractivity contribution in [3.63, 3.8) is 0 Å². The molecule has 1 aromatic heterocycles. The lowest BCUT2D eigenvalue weighted by Crippen LogP contribution is -2.93. The maximum atomic E-state index is 13.1. The molecule has 0 bridgehead atoms. The Balaban J connectivity index is 1.72. The highest BCUT2D eigenvalue weighted by atomic mass is 32.1. The summed E-state index contributed by atoms with van der Waals surface area (Å²) in [4.78, 5) is 40.4. The fourth-order valence-electron chi connectivity index (χ4n) is 3.42. The molecule has 1 aliphatic rings. The van der Waals surface area contributed by atoms with E-state index in [4.69, 9.17) is 9.47 Å². The molecule has 3 N–H and O–H groups in total. The lowest BCUT2D eigenvalue weighted by atomic mass is 10.0. The van der Waals surface area contributed by atoms with Crippen LogP contribution in [0, 0.1) is 0 Å². The molecule has 2 heterocycles. The number of nitrogens with two attached hydrogens (primary N) is 1. The highest BCUT2D eigenvalue weighted by Gasteiger charge is 2.37. The predicted octanol–water partition coefficient (Wildman–Crippen LogP) is 0.0450. The predicted molar refractivity (Wildman–Crippen MR) is 111 cm³/mol. The van der Waals surface area contributed by atoms with Crippen molar-refractivity contribution in [2.75, 3.05) is 33.9 Å². The Morgan fingerprint density at radius 1 is 1.23 bits per heavy atom. The quantitative estimate of drug-likeness (QED) is 0.602. The molecular weight excluding hydrogens is 406 g/mol. The zero-order chi connectivity index (χ0) is 21.5. The lowest BCUT2D eigenvalue weighted by molar-refractivity contribution is -0.665. The highest BCUT2D eigenvalue weighted by molar-refractivity contribution is 7.12. The third kappa shape index (κ3) is 5.17. The van der Waals surface area contributed by atoms with Crippen LogP contribution in [0.4, 0.5) is 0 Å². The van der Waals surface area contributed by atoms with Gasteiger partial charge in [0.1, 0.15) is 18.3 Å². The Morgan fingerprint density at radius 3 is 2.63 bits per heavy atom. The molecule has 8 nitrogen and oxygen atoms in total. The van der Waals surface area contributed by atoms with Crippen LogP contribution in [-0.2, 0) is 20.7 Å². The lowest BCUT2D eigenvalue weighted by Gasteiger charge is -2.33. The second kappa shape index (κ2) is 10.2. The Kier molecular flexibility index (Phi) is 7.42. The molecule has 160 valence electrons. The van der Waals surface area contributed by atoms with Crippen LogP contribution >= 0.6 is 11.3 Å². The van der Waals surface area contributed by atoms with Gasteiger partial charge in [0, 0.05) is 6.42 Å². The van der Waals surface area contributed by atoms with E-state index in [-0.39, 0.29) is 18.2 Å². The van der Waals surface area contributed by atoms with Crippen molar-refractivity contribution in [1.82, 2.24) is 10.2 Å². The summed E-state index contributed by atoms with van der Waals surface area (Å²) in [6, 6.07) is 9.32. The number of esters is 1. The number of nitrogens with zero attached hydrogens (tertiary/aromatic N) is 1. The zero-order valence-corrected chi connectivity index (χ0v) is 17.8.